The van der Waals surface area contributed by atoms with Crippen molar-refractivity contribution in [3.8, 4) is 0 Å². The second-order valence-corrected chi connectivity index (χ2v) is 5.75. The van der Waals surface area contributed by atoms with Crippen molar-refractivity contribution in [2.45, 2.75) is 46.0 Å². The Labute approximate surface area is 139 Å². The van der Waals surface area contributed by atoms with Crippen molar-refractivity contribution in [1.82, 2.24) is 0 Å². The van der Waals surface area contributed by atoms with E-state index in [-0.39, 0.29) is 5.97 Å². The molecule has 0 N–H and O–H groups in total. The van der Waals surface area contributed by atoms with Crippen molar-refractivity contribution in [2.24, 2.45) is 0 Å². The summed E-state index contributed by atoms with van der Waals surface area (Å²) in [4.78, 5) is 12.2. The first-order valence-electron chi connectivity index (χ1n) is 8.58. The SMILES string of the molecule is CCCCc1c(CCc2ccccc2)cccc1C(=O)OCC. The molecule has 0 saturated carbocycles. The standard InChI is InChI=1S/C21H26O2/c1-3-5-13-19-18(16-15-17-10-7-6-8-11-17)12-9-14-20(19)21(22)23-4-2/h6-12,14H,3-5,13,15-16H2,1-2H3. The van der Waals surface area contributed by atoms with Gasteiger partial charge in [-0.05, 0) is 55.4 Å². The molecule has 2 aromatic rings. The van der Waals surface area contributed by atoms with Crippen LogP contribution in [-0.2, 0) is 24.0 Å². The van der Waals surface area contributed by atoms with Gasteiger partial charge in [0.05, 0.1) is 12.2 Å². The highest BCUT2D eigenvalue weighted by Gasteiger charge is 2.15. The minimum atomic E-state index is -0.194. The van der Waals surface area contributed by atoms with Gasteiger partial charge >= 0.3 is 5.97 Å². The van der Waals surface area contributed by atoms with E-state index in [4.69, 9.17) is 4.74 Å². The Morgan fingerprint density at radius 2 is 1.70 bits per heavy atom. The summed E-state index contributed by atoms with van der Waals surface area (Å²) in [6, 6.07) is 16.5. The van der Waals surface area contributed by atoms with Crippen molar-refractivity contribution in [1.29, 1.82) is 0 Å². The fraction of sp³-hybridized carbons (Fsp3) is 0.381. The van der Waals surface area contributed by atoms with Crippen LogP contribution in [0.15, 0.2) is 48.5 Å². The quantitative estimate of drug-likeness (QED) is 0.642. The van der Waals surface area contributed by atoms with Crippen LogP contribution in [0.3, 0.4) is 0 Å². The second kappa shape index (κ2) is 9.14. The van der Waals surface area contributed by atoms with Crippen LogP contribution in [-0.4, -0.2) is 12.6 Å². The summed E-state index contributed by atoms with van der Waals surface area (Å²) in [6.07, 6.45) is 5.10. The van der Waals surface area contributed by atoms with Crippen molar-refractivity contribution in [2.75, 3.05) is 6.61 Å². The first kappa shape index (κ1) is 17.3. The van der Waals surface area contributed by atoms with Gasteiger partial charge in [-0.3, -0.25) is 0 Å². The molecule has 2 heteroatoms. The molecule has 0 aliphatic rings. The maximum Gasteiger partial charge on any atom is 0.338 e. The molecule has 23 heavy (non-hydrogen) atoms. The Kier molecular flexibility index (Phi) is 6.86. The Hall–Kier alpha value is -2.09. The van der Waals surface area contributed by atoms with Gasteiger partial charge in [0.15, 0.2) is 0 Å². The zero-order valence-electron chi connectivity index (χ0n) is 14.2. The van der Waals surface area contributed by atoms with Gasteiger partial charge < -0.3 is 4.74 Å². The zero-order valence-corrected chi connectivity index (χ0v) is 14.2. The maximum atomic E-state index is 12.2. The van der Waals surface area contributed by atoms with Crippen LogP contribution >= 0.6 is 0 Å². The third kappa shape index (κ3) is 4.95. The number of carbonyl (C=O) groups excluding carboxylic acids is 1. The van der Waals surface area contributed by atoms with Crippen molar-refractivity contribution in [3.63, 3.8) is 0 Å². The molecule has 0 aliphatic heterocycles. The molecule has 2 rings (SSSR count). The number of esters is 1. The summed E-state index contributed by atoms with van der Waals surface area (Å²) in [5.41, 5.74) is 4.51. The first-order valence-corrected chi connectivity index (χ1v) is 8.58. The highest BCUT2D eigenvalue weighted by Crippen LogP contribution is 2.21. The van der Waals surface area contributed by atoms with Crippen molar-refractivity contribution in [3.05, 3.63) is 70.8 Å². The molecule has 122 valence electrons. The molecule has 0 atom stereocenters. The molecule has 2 nitrogen and oxygen atoms in total. The van der Waals surface area contributed by atoms with Crippen LogP contribution in [0.2, 0.25) is 0 Å². The summed E-state index contributed by atoms with van der Waals surface area (Å²) in [6.45, 7) is 4.44. The molecule has 0 saturated heterocycles. The largest absolute Gasteiger partial charge is 0.462 e. The van der Waals surface area contributed by atoms with E-state index in [1.165, 1.54) is 16.7 Å². The number of hydrogen-bond donors (Lipinski definition) is 0. The van der Waals surface area contributed by atoms with E-state index in [9.17, 15) is 4.79 Å². The summed E-state index contributed by atoms with van der Waals surface area (Å²) >= 11 is 0. The van der Waals surface area contributed by atoms with Gasteiger partial charge in [-0.15, -0.1) is 0 Å². The molecule has 0 heterocycles. The average Bonchev–Trinajstić information content (AvgIpc) is 2.59. The number of ether oxygens (including phenoxy) is 1. The molecule has 0 fully saturated rings. The van der Waals surface area contributed by atoms with E-state index in [0.717, 1.165) is 37.7 Å². The summed E-state index contributed by atoms with van der Waals surface area (Å²) < 4.78 is 5.23. The summed E-state index contributed by atoms with van der Waals surface area (Å²) in [5, 5.41) is 0. The van der Waals surface area contributed by atoms with Gasteiger partial charge in [0.25, 0.3) is 0 Å². The summed E-state index contributed by atoms with van der Waals surface area (Å²) in [7, 11) is 0. The minimum absolute atomic E-state index is 0.194. The lowest BCUT2D eigenvalue weighted by atomic mass is 9.92. The van der Waals surface area contributed by atoms with Crippen LogP contribution in [0.25, 0.3) is 0 Å². The smallest absolute Gasteiger partial charge is 0.338 e. The van der Waals surface area contributed by atoms with Gasteiger partial charge in [-0.1, -0.05) is 55.8 Å². The third-order valence-electron chi connectivity index (χ3n) is 4.07. The molecule has 0 bridgehead atoms. The van der Waals surface area contributed by atoms with E-state index >= 15 is 0 Å². The number of rotatable bonds is 8. The topological polar surface area (TPSA) is 26.3 Å². The molecular weight excluding hydrogens is 284 g/mol. The van der Waals surface area contributed by atoms with Gasteiger partial charge in [-0.25, -0.2) is 4.79 Å². The van der Waals surface area contributed by atoms with Crippen molar-refractivity contribution >= 4 is 5.97 Å². The first-order chi connectivity index (χ1) is 11.3. The van der Waals surface area contributed by atoms with Crippen LogP contribution < -0.4 is 0 Å². The molecule has 0 amide bonds. The lowest BCUT2D eigenvalue weighted by molar-refractivity contribution is 0.0525. The summed E-state index contributed by atoms with van der Waals surface area (Å²) in [5.74, 6) is -0.194. The number of hydrogen-bond acceptors (Lipinski definition) is 2. The van der Waals surface area contributed by atoms with Crippen molar-refractivity contribution < 1.29 is 9.53 Å². The number of aryl methyl sites for hydroxylation is 2. The zero-order chi connectivity index (χ0) is 16.5. The highest BCUT2D eigenvalue weighted by molar-refractivity contribution is 5.91. The Morgan fingerprint density at radius 3 is 2.39 bits per heavy atom. The maximum absolute atomic E-state index is 12.2. The fourth-order valence-electron chi connectivity index (χ4n) is 2.84. The lowest BCUT2D eigenvalue weighted by Crippen LogP contribution is -2.11. The molecule has 0 unspecified atom stereocenters. The molecule has 0 spiro atoms. The van der Waals surface area contributed by atoms with Gasteiger partial charge in [-0.2, -0.15) is 0 Å². The predicted octanol–water partition coefficient (Wildman–Crippen LogP) is 4.99. The van der Waals surface area contributed by atoms with Crippen LogP contribution in [0.1, 0.15) is 53.7 Å². The number of benzene rings is 2. The van der Waals surface area contributed by atoms with E-state index in [1.807, 2.05) is 25.1 Å². The normalized spacial score (nSPS) is 10.5. The lowest BCUT2D eigenvalue weighted by Gasteiger charge is -2.14. The van der Waals surface area contributed by atoms with E-state index in [0.29, 0.717) is 6.61 Å². The number of unbranched alkanes of at least 4 members (excludes halogenated alkanes) is 1. The molecule has 0 aliphatic carbocycles. The Bertz CT molecular complexity index is 617. The Balaban J connectivity index is 2.22. The Morgan fingerprint density at radius 1 is 0.913 bits per heavy atom. The van der Waals surface area contributed by atoms with Gasteiger partial charge in [0, 0.05) is 0 Å². The van der Waals surface area contributed by atoms with Gasteiger partial charge in [0.2, 0.25) is 0 Å². The van der Waals surface area contributed by atoms with E-state index in [1.54, 1.807) is 0 Å². The van der Waals surface area contributed by atoms with Crippen LogP contribution in [0, 0.1) is 0 Å². The average molecular weight is 310 g/mol. The molecular formula is C21H26O2. The van der Waals surface area contributed by atoms with E-state index < -0.39 is 0 Å². The molecule has 2 aromatic carbocycles. The third-order valence-corrected chi connectivity index (χ3v) is 4.07. The van der Waals surface area contributed by atoms with Crippen LogP contribution in [0.5, 0.6) is 0 Å². The second-order valence-electron chi connectivity index (χ2n) is 5.75. The molecule has 0 radical (unpaired) electrons. The highest BCUT2D eigenvalue weighted by atomic mass is 16.5. The fourth-order valence-corrected chi connectivity index (χ4v) is 2.84. The molecule has 0 aromatic heterocycles. The number of carbonyl (C=O) groups is 1. The van der Waals surface area contributed by atoms with Crippen LogP contribution in [0.4, 0.5) is 0 Å². The predicted molar refractivity (Wildman–Crippen MR) is 94.9 cm³/mol. The van der Waals surface area contributed by atoms with Gasteiger partial charge in [0.1, 0.15) is 0 Å². The van der Waals surface area contributed by atoms with E-state index in [2.05, 4.69) is 37.3 Å². The minimum Gasteiger partial charge on any atom is -0.462 e. The monoisotopic (exact) mass is 310 g/mol.